The van der Waals surface area contributed by atoms with E-state index in [0.29, 0.717) is 21.8 Å². The van der Waals surface area contributed by atoms with E-state index in [9.17, 15) is 9.59 Å². The van der Waals surface area contributed by atoms with E-state index in [1.165, 1.54) is 0 Å². The van der Waals surface area contributed by atoms with Crippen molar-refractivity contribution in [2.24, 2.45) is 0 Å². The number of hydrogen-bond donors (Lipinski definition) is 1. The Morgan fingerprint density at radius 2 is 1.88 bits per heavy atom. The molecule has 136 valence electrons. The van der Waals surface area contributed by atoms with Crippen LogP contribution < -0.4 is 5.32 Å². The number of anilines is 1. The van der Waals surface area contributed by atoms with Crippen molar-refractivity contribution in [3.8, 4) is 0 Å². The number of halogens is 2. The fraction of sp³-hybridized carbons (Fsp3) is 0.300. The molecule has 4 nitrogen and oxygen atoms in total. The third kappa shape index (κ3) is 4.38. The zero-order chi connectivity index (χ0) is 18.7. The van der Waals surface area contributed by atoms with Crippen LogP contribution in [-0.2, 0) is 0 Å². The van der Waals surface area contributed by atoms with Gasteiger partial charge in [0.25, 0.3) is 11.8 Å². The normalized spacial score (nSPS) is 17.0. The molecule has 1 aliphatic heterocycles. The van der Waals surface area contributed by atoms with Crippen LogP contribution in [0.4, 0.5) is 5.69 Å². The van der Waals surface area contributed by atoms with Crippen LogP contribution in [0.1, 0.15) is 46.9 Å². The molecule has 0 saturated carbocycles. The van der Waals surface area contributed by atoms with Gasteiger partial charge in [-0.25, -0.2) is 0 Å². The maximum Gasteiger partial charge on any atom is 0.256 e. The first-order chi connectivity index (χ1) is 12.5. The first-order valence-corrected chi connectivity index (χ1v) is 10.1. The van der Waals surface area contributed by atoms with Crippen molar-refractivity contribution in [2.75, 3.05) is 11.9 Å². The summed E-state index contributed by atoms with van der Waals surface area (Å²) in [7, 11) is 0. The number of likely N-dealkylation sites (tertiary alicyclic amines) is 1. The number of piperidine rings is 1. The lowest BCUT2D eigenvalue weighted by atomic mass is 10.0. The van der Waals surface area contributed by atoms with Gasteiger partial charge in [-0.1, -0.05) is 11.6 Å². The molecule has 2 aromatic rings. The number of amides is 2. The highest BCUT2D eigenvalue weighted by Crippen LogP contribution is 2.25. The average Bonchev–Trinajstić information content (AvgIpc) is 2.63. The molecule has 0 radical (unpaired) electrons. The van der Waals surface area contributed by atoms with Gasteiger partial charge in [-0.15, -0.1) is 0 Å². The van der Waals surface area contributed by atoms with Gasteiger partial charge in [-0.2, -0.15) is 0 Å². The number of benzene rings is 2. The van der Waals surface area contributed by atoms with Crippen LogP contribution in [0, 0.1) is 3.57 Å². The SMILES string of the molecule is C[C@H]1CCCCN1C(=O)c1cc(I)ccc1NC(=O)c1ccc(Cl)cc1. The van der Waals surface area contributed by atoms with E-state index < -0.39 is 0 Å². The minimum atomic E-state index is -0.261. The van der Waals surface area contributed by atoms with Crippen LogP contribution in [-0.4, -0.2) is 29.3 Å². The van der Waals surface area contributed by atoms with Crippen LogP contribution in [0.2, 0.25) is 5.02 Å². The molecule has 2 aromatic carbocycles. The summed E-state index contributed by atoms with van der Waals surface area (Å²) < 4.78 is 0.958. The number of nitrogens with zero attached hydrogens (tertiary/aromatic N) is 1. The summed E-state index contributed by atoms with van der Waals surface area (Å²) >= 11 is 8.06. The molecular formula is C20H20ClIN2O2. The number of rotatable bonds is 3. The van der Waals surface area contributed by atoms with Crippen molar-refractivity contribution in [2.45, 2.75) is 32.2 Å². The van der Waals surface area contributed by atoms with Gasteiger partial charge in [0.2, 0.25) is 0 Å². The van der Waals surface area contributed by atoms with Crippen LogP contribution in [0.25, 0.3) is 0 Å². The smallest absolute Gasteiger partial charge is 0.256 e. The Hall–Kier alpha value is -1.60. The third-order valence-electron chi connectivity index (χ3n) is 4.63. The van der Waals surface area contributed by atoms with E-state index >= 15 is 0 Å². The van der Waals surface area contributed by atoms with E-state index in [2.05, 4.69) is 34.8 Å². The molecule has 1 heterocycles. The molecule has 1 atom stereocenters. The van der Waals surface area contributed by atoms with Crippen molar-refractivity contribution in [1.29, 1.82) is 0 Å². The predicted octanol–water partition coefficient (Wildman–Crippen LogP) is 5.21. The Bertz CT molecular complexity index is 823. The van der Waals surface area contributed by atoms with E-state index in [4.69, 9.17) is 11.6 Å². The first kappa shape index (κ1) is 19.2. The van der Waals surface area contributed by atoms with E-state index in [1.54, 1.807) is 30.3 Å². The zero-order valence-corrected chi connectivity index (χ0v) is 17.4. The van der Waals surface area contributed by atoms with Crippen molar-refractivity contribution in [3.05, 3.63) is 62.2 Å². The summed E-state index contributed by atoms with van der Waals surface area (Å²) in [6.07, 6.45) is 3.19. The maximum atomic E-state index is 13.1. The summed E-state index contributed by atoms with van der Waals surface area (Å²) in [6, 6.07) is 12.4. The van der Waals surface area contributed by atoms with Gasteiger partial charge < -0.3 is 10.2 Å². The van der Waals surface area contributed by atoms with Crippen molar-refractivity contribution in [1.82, 2.24) is 4.90 Å². The molecule has 0 aliphatic carbocycles. The predicted molar refractivity (Wildman–Crippen MR) is 113 cm³/mol. The van der Waals surface area contributed by atoms with Crippen molar-refractivity contribution >= 4 is 51.7 Å². The minimum absolute atomic E-state index is 0.0258. The fourth-order valence-electron chi connectivity index (χ4n) is 3.15. The lowest BCUT2D eigenvalue weighted by molar-refractivity contribution is 0.0636. The summed E-state index contributed by atoms with van der Waals surface area (Å²) in [5.41, 5.74) is 1.57. The molecule has 2 amide bonds. The number of hydrogen-bond acceptors (Lipinski definition) is 2. The minimum Gasteiger partial charge on any atom is -0.336 e. The average molecular weight is 483 g/mol. The van der Waals surface area contributed by atoms with Gasteiger partial charge in [-0.3, -0.25) is 9.59 Å². The van der Waals surface area contributed by atoms with Gasteiger partial charge in [-0.05, 0) is 91.2 Å². The zero-order valence-electron chi connectivity index (χ0n) is 14.5. The van der Waals surface area contributed by atoms with Crippen molar-refractivity contribution < 1.29 is 9.59 Å². The molecule has 0 spiro atoms. The number of carbonyl (C=O) groups excluding carboxylic acids is 2. The number of carbonyl (C=O) groups is 2. The maximum absolute atomic E-state index is 13.1. The molecule has 26 heavy (non-hydrogen) atoms. The molecule has 1 aliphatic rings. The quantitative estimate of drug-likeness (QED) is 0.611. The third-order valence-corrected chi connectivity index (χ3v) is 5.55. The van der Waals surface area contributed by atoms with Gasteiger partial charge in [0, 0.05) is 26.7 Å². The molecule has 0 aromatic heterocycles. The summed E-state index contributed by atoms with van der Waals surface area (Å²) in [5, 5.41) is 3.45. The lowest BCUT2D eigenvalue weighted by Crippen LogP contribution is -2.42. The van der Waals surface area contributed by atoms with Crippen LogP contribution in [0.3, 0.4) is 0 Å². The molecule has 1 saturated heterocycles. The standard InChI is InChI=1S/C20H20ClIN2O2/c1-13-4-2-3-11-24(13)20(26)17-12-16(22)9-10-18(17)23-19(25)14-5-7-15(21)8-6-14/h5-10,12-13H,2-4,11H2,1H3,(H,23,25)/t13-/m0/s1. The molecule has 6 heteroatoms. The Morgan fingerprint density at radius 1 is 1.15 bits per heavy atom. The topological polar surface area (TPSA) is 49.4 Å². The van der Waals surface area contributed by atoms with Crippen molar-refractivity contribution in [3.63, 3.8) is 0 Å². The molecule has 1 N–H and O–H groups in total. The van der Waals surface area contributed by atoms with Crippen LogP contribution in [0.15, 0.2) is 42.5 Å². The second kappa shape index (κ2) is 8.39. The van der Waals surface area contributed by atoms with E-state index in [-0.39, 0.29) is 17.9 Å². The molecule has 0 bridgehead atoms. The second-order valence-corrected chi connectivity index (χ2v) is 8.18. The van der Waals surface area contributed by atoms with Gasteiger partial charge in [0.1, 0.15) is 0 Å². The van der Waals surface area contributed by atoms with E-state index in [1.807, 2.05) is 17.0 Å². The van der Waals surface area contributed by atoms with Crippen LogP contribution in [0.5, 0.6) is 0 Å². The van der Waals surface area contributed by atoms with Gasteiger partial charge >= 0.3 is 0 Å². The van der Waals surface area contributed by atoms with Gasteiger partial charge in [0.05, 0.1) is 11.3 Å². The Kier molecular flexibility index (Phi) is 6.19. The Morgan fingerprint density at radius 3 is 2.58 bits per heavy atom. The van der Waals surface area contributed by atoms with Gasteiger partial charge in [0.15, 0.2) is 0 Å². The lowest BCUT2D eigenvalue weighted by Gasteiger charge is -2.34. The summed E-state index contributed by atoms with van der Waals surface area (Å²) in [4.78, 5) is 27.6. The molecular weight excluding hydrogens is 463 g/mol. The highest BCUT2D eigenvalue weighted by molar-refractivity contribution is 14.1. The fourth-order valence-corrected chi connectivity index (χ4v) is 3.77. The first-order valence-electron chi connectivity index (χ1n) is 8.63. The van der Waals surface area contributed by atoms with Crippen LogP contribution >= 0.6 is 34.2 Å². The highest BCUT2D eigenvalue weighted by Gasteiger charge is 2.26. The van der Waals surface area contributed by atoms with E-state index in [0.717, 1.165) is 29.4 Å². The monoisotopic (exact) mass is 482 g/mol. The Labute approximate surface area is 172 Å². The molecule has 0 unspecified atom stereocenters. The highest BCUT2D eigenvalue weighted by atomic mass is 127. The summed E-state index contributed by atoms with van der Waals surface area (Å²) in [6.45, 7) is 2.84. The molecule has 3 rings (SSSR count). The molecule has 1 fully saturated rings. The Balaban J connectivity index is 1.87. The largest absolute Gasteiger partial charge is 0.336 e. The summed E-state index contributed by atoms with van der Waals surface area (Å²) in [5.74, 6) is -0.286. The number of nitrogens with one attached hydrogen (secondary N) is 1. The second-order valence-electron chi connectivity index (χ2n) is 6.49.